The van der Waals surface area contributed by atoms with Gasteiger partial charge in [0, 0.05) is 31.5 Å². The number of carbonyl (C=O) groups excluding carboxylic acids is 1. The summed E-state index contributed by atoms with van der Waals surface area (Å²) in [6.45, 7) is 1.23. The maximum absolute atomic E-state index is 11.7. The van der Waals surface area contributed by atoms with E-state index in [4.69, 9.17) is 17.3 Å². The number of carbonyl (C=O) groups is 1. The normalized spacial score (nSPS) is 16.6. The predicted molar refractivity (Wildman–Crippen MR) is 53.1 cm³/mol. The lowest BCUT2D eigenvalue weighted by atomic mass is 10.1. The molecule has 1 aliphatic heterocycles. The van der Waals surface area contributed by atoms with Crippen LogP contribution in [0.15, 0.2) is 18.5 Å². The number of likely N-dealkylation sites (tertiary alicyclic amines) is 1. The van der Waals surface area contributed by atoms with Crippen molar-refractivity contribution in [3.05, 3.63) is 29.0 Å². The van der Waals surface area contributed by atoms with Gasteiger partial charge in [-0.05, 0) is 6.07 Å². The highest BCUT2D eigenvalue weighted by atomic mass is 35.5. The van der Waals surface area contributed by atoms with Crippen LogP contribution in [-0.2, 0) is 0 Å². The number of nitrogens with two attached hydrogens (primary N) is 1. The largest absolute Gasteiger partial charge is 0.335 e. The van der Waals surface area contributed by atoms with E-state index < -0.39 is 0 Å². The van der Waals surface area contributed by atoms with Crippen LogP contribution in [0.3, 0.4) is 0 Å². The van der Waals surface area contributed by atoms with Gasteiger partial charge in [0.2, 0.25) is 0 Å². The zero-order valence-electron chi connectivity index (χ0n) is 7.48. The zero-order chi connectivity index (χ0) is 10.1. The van der Waals surface area contributed by atoms with Gasteiger partial charge in [0.1, 0.15) is 0 Å². The summed E-state index contributed by atoms with van der Waals surface area (Å²) in [6.07, 6.45) is 3.01. The topological polar surface area (TPSA) is 59.2 Å². The summed E-state index contributed by atoms with van der Waals surface area (Å²) in [5, 5.41) is 0.473. The van der Waals surface area contributed by atoms with Crippen molar-refractivity contribution in [3.63, 3.8) is 0 Å². The first-order chi connectivity index (χ1) is 6.66. The van der Waals surface area contributed by atoms with Crippen LogP contribution >= 0.6 is 11.6 Å². The highest BCUT2D eigenvalue weighted by molar-refractivity contribution is 6.30. The van der Waals surface area contributed by atoms with Crippen molar-refractivity contribution in [2.75, 3.05) is 13.1 Å². The summed E-state index contributed by atoms with van der Waals surface area (Å²) >= 11 is 5.73. The summed E-state index contributed by atoms with van der Waals surface area (Å²) in [5.41, 5.74) is 6.10. The van der Waals surface area contributed by atoms with Gasteiger partial charge in [-0.3, -0.25) is 9.78 Å². The Morgan fingerprint density at radius 3 is 2.86 bits per heavy atom. The fraction of sp³-hybridized carbons (Fsp3) is 0.333. The van der Waals surface area contributed by atoms with Gasteiger partial charge in [-0.2, -0.15) is 0 Å². The van der Waals surface area contributed by atoms with E-state index in [9.17, 15) is 4.79 Å². The quantitative estimate of drug-likeness (QED) is 0.737. The van der Waals surface area contributed by atoms with E-state index in [1.54, 1.807) is 11.0 Å². The van der Waals surface area contributed by atoms with Crippen molar-refractivity contribution in [1.29, 1.82) is 0 Å². The molecule has 74 valence electrons. The molecular formula is C9H10ClN3O. The molecule has 1 fully saturated rings. The molecule has 0 spiro atoms. The number of amides is 1. The number of nitrogens with zero attached hydrogens (tertiary/aromatic N) is 2. The first-order valence-electron chi connectivity index (χ1n) is 4.32. The van der Waals surface area contributed by atoms with Gasteiger partial charge in [0.05, 0.1) is 10.6 Å². The molecule has 0 radical (unpaired) electrons. The highest BCUT2D eigenvalue weighted by Crippen LogP contribution is 2.14. The SMILES string of the molecule is NC1CN(C(=O)c2cncc(Cl)c2)C1. The molecule has 1 aromatic heterocycles. The molecule has 1 aromatic rings. The van der Waals surface area contributed by atoms with E-state index in [2.05, 4.69) is 4.98 Å². The van der Waals surface area contributed by atoms with Crippen LogP contribution in [-0.4, -0.2) is 34.9 Å². The maximum atomic E-state index is 11.7. The summed E-state index contributed by atoms with van der Waals surface area (Å²) < 4.78 is 0. The molecule has 0 bridgehead atoms. The Balaban J connectivity index is 2.12. The molecule has 1 amide bonds. The summed E-state index contributed by atoms with van der Waals surface area (Å²) in [4.78, 5) is 17.2. The third kappa shape index (κ3) is 1.71. The van der Waals surface area contributed by atoms with Crippen LogP contribution in [0.5, 0.6) is 0 Å². The van der Waals surface area contributed by atoms with Gasteiger partial charge in [0.15, 0.2) is 0 Å². The third-order valence-corrected chi connectivity index (χ3v) is 2.36. The lowest BCUT2D eigenvalue weighted by Crippen LogP contribution is -2.57. The number of hydrogen-bond donors (Lipinski definition) is 1. The minimum absolute atomic E-state index is 0.0540. The van der Waals surface area contributed by atoms with Crippen molar-refractivity contribution in [2.24, 2.45) is 5.73 Å². The summed E-state index contributed by atoms with van der Waals surface area (Å²) in [6, 6.07) is 1.73. The predicted octanol–water partition coefficient (Wildman–Crippen LogP) is 0.518. The van der Waals surface area contributed by atoms with Crippen LogP contribution in [0, 0.1) is 0 Å². The first-order valence-corrected chi connectivity index (χ1v) is 4.70. The molecule has 0 saturated carbocycles. The Labute approximate surface area is 86.7 Å². The van der Waals surface area contributed by atoms with Gasteiger partial charge in [0.25, 0.3) is 5.91 Å². The minimum Gasteiger partial charge on any atom is -0.335 e. The number of pyridine rings is 1. The van der Waals surface area contributed by atoms with Crippen LogP contribution in [0.4, 0.5) is 0 Å². The summed E-state index contributed by atoms with van der Waals surface area (Å²) in [5.74, 6) is -0.0540. The Morgan fingerprint density at radius 2 is 2.29 bits per heavy atom. The van der Waals surface area contributed by atoms with Crippen LogP contribution < -0.4 is 5.73 Å². The lowest BCUT2D eigenvalue weighted by Gasteiger charge is -2.36. The third-order valence-electron chi connectivity index (χ3n) is 2.15. The van der Waals surface area contributed by atoms with E-state index in [0.29, 0.717) is 23.7 Å². The van der Waals surface area contributed by atoms with E-state index in [1.165, 1.54) is 12.4 Å². The van der Waals surface area contributed by atoms with Gasteiger partial charge in [-0.1, -0.05) is 11.6 Å². The Kier molecular flexibility index (Phi) is 2.39. The molecule has 2 N–H and O–H groups in total. The molecule has 0 aliphatic carbocycles. The van der Waals surface area contributed by atoms with Crippen molar-refractivity contribution < 1.29 is 4.79 Å². The molecule has 1 aliphatic rings. The fourth-order valence-electron chi connectivity index (χ4n) is 1.39. The van der Waals surface area contributed by atoms with E-state index in [0.717, 1.165) is 0 Å². The van der Waals surface area contributed by atoms with E-state index in [1.807, 2.05) is 0 Å². The maximum Gasteiger partial charge on any atom is 0.255 e. The molecule has 5 heteroatoms. The fourth-order valence-corrected chi connectivity index (χ4v) is 1.56. The number of aromatic nitrogens is 1. The minimum atomic E-state index is -0.0540. The van der Waals surface area contributed by atoms with Crippen LogP contribution in [0.2, 0.25) is 5.02 Å². The Bertz CT molecular complexity index is 363. The second-order valence-electron chi connectivity index (χ2n) is 3.36. The standard InChI is InChI=1S/C9H10ClN3O/c10-7-1-6(2-12-3-7)9(14)13-4-8(11)5-13/h1-3,8H,4-5,11H2. The number of rotatable bonds is 1. The monoisotopic (exact) mass is 211 g/mol. The average Bonchev–Trinajstić information content (AvgIpc) is 2.12. The molecular weight excluding hydrogens is 202 g/mol. The zero-order valence-corrected chi connectivity index (χ0v) is 8.24. The van der Waals surface area contributed by atoms with Gasteiger partial charge < -0.3 is 10.6 Å². The molecule has 2 heterocycles. The van der Waals surface area contributed by atoms with Crippen molar-refractivity contribution in [3.8, 4) is 0 Å². The van der Waals surface area contributed by atoms with Crippen molar-refractivity contribution in [2.45, 2.75) is 6.04 Å². The molecule has 4 nitrogen and oxygen atoms in total. The molecule has 0 unspecified atom stereocenters. The molecule has 2 rings (SSSR count). The first kappa shape index (κ1) is 9.43. The Morgan fingerprint density at radius 1 is 1.57 bits per heavy atom. The molecule has 0 aromatic carbocycles. The lowest BCUT2D eigenvalue weighted by molar-refractivity contribution is 0.0607. The Hall–Kier alpha value is -1.13. The second kappa shape index (κ2) is 3.55. The number of hydrogen-bond acceptors (Lipinski definition) is 3. The van der Waals surface area contributed by atoms with E-state index >= 15 is 0 Å². The van der Waals surface area contributed by atoms with Gasteiger partial charge in [-0.15, -0.1) is 0 Å². The van der Waals surface area contributed by atoms with Crippen molar-refractivity contribution >= 4 is 17.5 Å². The molecule has 14 heavy (non-hydrogen) atoms. The van der Waals surface area contributed by atoms with E-state index in [-0.39, 0.29) is 11.9 Å². The number of halogens is 1. The molecule has 0 atom stereocenters. The molecule has 1 saturated heterocycles. The smallest absolute Gasteiger partial charge is 0.255 e. The summed E-state index contributed by atoms with van der Waals surface area (Å²) in [7, 11) is 0. The van der Waals surface area contributed by atoms with Crippen LogP contribution in [0.1, 0.15) is 10.4 Å². The van der Waals surface area contributed by atoms with Crippen LogP contribution in [0.25, 0.3) is 0 Å². The average molecular weight is 212 g/mol. The van der Waals surface area contributed by atoms with Crippen molar-refractivity contribution in [1.82, 2.24) is 9.88 Å². The second-order valence-corrected chi connectivity index (χ2v) is 3.80. The van der Waals surface area contributed by atoms with Gasteiger partial charge >= 0.3 is 0 Å². The highest BCUT2D eigenvalue weighted by Gasteiger charge is 2.28. The van der Waals surface area contributed by atoms with Gasteiger partial charge in [-0.25, -0.2) is 0 Å².